The highest BCUT2D eigenvalue weighted by molar-refractivity contribution is 6.03. The van der Waals surface area contributed by atoms with Gasteiger partial charge in [0.2, 0.25) is 5.91 Å². The van der Waals surface area contributed by atoms with Crippen LogP contribution in [0.5, 0.6) is 5.75 Å². The van der Waals surface area contributed by atoms with E-state index in [1.807, 2.05) is 72.8 Å². The number of ether oxygens (including phenoxy) is 1. The number of carbonyl (C=O) groups excluding carboxylic acids is 1. The summed E-state index contributed by atoms with van der Waals surface area (Å²) in [4.78, 5) is 13.1. The van der Waals surface area contributed by atoms with E-state index >= 15 is 0 Å². The van der Waals surface area contributed by atoms with Crippen LogP contribution in [0.15, 0.2) is 90.0 Å². The first-order valence-electron chi connectivity index (χ1n) is 9.87. The van der Waals surface area contributed by atoms with E-state index in [4.69, 9.17) is 9.84 Å². The van der Waals surface area contributed by atoms with Crippen LogP contribution in [0.1, 0.15) is 35.6 Å². The van der Waals surface area contributed by atoms with E-state index < -0.39 is 0 Å². The molecular formula is C25H24N2O2. The number of hydrazone groups is 1. The Morgan fingerprint density at radius 1 is 0.966 bits per heavy atom. The molecule has 146 valence electrons. The van der Waals surface area contributed by atoms with Crippen LogP contribution in [-0.4, -0.2) is 23.7 Å². The molecule has 0 fully saturated rings. The van der Waals surface area contributed by atoms with Gasteiger partial charge >= 0.3 is 0 Å². The van der Waals surface area contributed by atoms with E-state index in [0.717, 1.165) is 28.2 Å². The van der Waals surface area contributed by atoms with Crippen LogP contribution in [0.25, 0.3) is 0 Å². The van der Waals surface area contributed by atoms with Gasteiger partial charge in [0.25, 0.3) is 0 Å². The standard InChI is InChI=1S/C25H24N2O2/c1-29-22-15-13-21(14-16-22)24-18-23(20-10-6-3-7-11-20)26-27(24)25(28)17-12-19-8-4-2-5-9-19/h2-11,13-16,24H,12,17-18H2,1H3/t24-/m1/s1. The minimum Gasteiger partial charge on any atom is -0.497 e. The van der Waals surface area contributed by atoms with Gasteiger partial charge in [0.05, 0.1) is 18.9 Å². The molecule has 0 aromatic heterocycles. The first kappa shape index (κ1) is 18.9. The second-order valence-electron chi connectivity index (χ2n) is 7.13. The Labute approximate surface area is 171 Å². The highest BCUT2D eigenvalue weighted by Crippen LogP contribution is 2.34. The molecule has 3 aromatic rings. The summed E-state index contributed by atoms with van der Waals surface area (Å²) < 4.78 is 5.27. The predicted octanol–water partition coefficient (Wildman–Crippen LogP) is 5.01. The predicted molar refractivity (Wildman–Crippen MR) is 115 cm³/mol. The molecule has 0 saturated carbocycles. The molecule has 0 saturated heterocycles. The van der Waals surface area contributed by atoms with Crippen molar-refractivity contribution in [1.82, 2.24) is 5.01 Å². The molecule has 1 aliphatic heterocycles. The highest BCUT2D eigenvalue weighted by Gasteiger charge is 2.32. The summed E-state index contributed by atoms with van der Waals surface area (Å²) in [6.45, 7) is 0. The number of benzene rings is 3. The molecule has 4 heteroatoms. The Morgan fingerprint density at radius 3 is 2.28 bits per heavy atom. The minimum atomic E-state index is -0.0978. The first-order valence-corrected chi connectivity index (χ1v) is 9.87. The molecule has 4 rings (SSSR count). The van der Waals surface area contributed by atoms with E-state index in [2.05, 4.69) is 12.1 Å². The molecule has 0 spiro atoms. The van der Waals surface area contributed by atoms with Gasteiger partial charge in [0.15, 0.2) is 0 Å². The van der Waals surface area contributed by atoms with E-state index in [1.54, 1.807) is 12.1 Å². The quantitative estimate of drug-likeness (QED) is 0.600. The lowest BCUT2D eigenvalue weighted by Gasteiger charge is -2.22. The zero-order valence-electron chi connectivity index (χ0n) is 16.5. The molecule has 0 bridgehead atoms. The maximum atomic E-state index is 13.1. The zero-order chi connectivity index (χ0) is 20.1. The fourth-order valence-electron chi connectivity index (χ4n) is 3.64. The van der Waals surface area contributed by atoms with Crippen molar-refractivity contribution in [1.29, 1.82) is 0 Å². The number of methoxy groups -OCH3 is 1. The van der Waals surface area contributed by atoms with E-state index in [-0.39, 0.29) is 11.9 Å². The zero-order valence-corrected chi connectivity index (χ0v) is 16.5. The van der Waals surface area contributed by atoms with Crippen LogP contribution in [0.2, 0.25) is 0 Å². The summed E-state index contributed by atoms with van der Waals surface area (Å²) in [5, 5.41) is 6.41. The Morgan fingerprint density at radius 2 is 1.62 bits per heavy atom. The fourth-order valence-corrected chi connectivity index (χ4v) is 3.64. The largest absolute Gasteiger partial charge is 0.497 e. The third-order valence-corrected chi connectivity index (χ3v) is 5.24. The van der Waals surface area contributed by atoms with Crippen LogP contribution < -0.4 is 4.74 Å². The van der Waals surface area contributed by atoms with Gasteiger partial charge in [-0.1, -0.05) is 72.8 Å². The Kier molecular flexibility index (Phi) is 5.71. The van der Waals surface area contributed by atoms with Crippen molar-refractivity contribution in [2.75, 3.05) is 7.11 Å². The average molecular weight is 384 g/mol. The van der Waals surface area contributed by atoms with Crippen molar-refractivity contribution in [2.45, 2.75) is 25.3 Å². The van der Waals surface area contributed by atoms with Crippen molar-refractivity contribution in [3.63, 3.8) is 0 Å². The number of amides is 1. The molecule has 3 aromatic carbocycles. The summed E-state index contributed by atoms with van der Waals surface area (Å²) in [5.41, 5.74) is 4.23. The van der Waals surface area contributed by atoms with Gasteiger partial charge < -0.3 is 4.74 Å². The summed E-state index contributed by atoms with van der Waals surface area (Å²) >= 11 is 0. The molecule has 1 heterocycles. The summed E-state index contributed by atoms with van der Waals surface area (Å²) in [5.74, 6) is 0.846. The third-order valence-electron chi connectivity index (χ3n) is 5.24. The monoisotopic (exact) mass is 384 g/mol. The summed E-state index contributed by atoms with van der Waals surface area (Å²) in [7, 11) is 1.65. The topological polar surface area (TPSA) is 41.9 Å². The SMILES string of the molecule is COc1ccc([C@H]2CC(c3ccccc3)=NN2C(=O)CCc2ccccc2)cc1. The van der Waals surface area contributed by atoms with Gasteiger partial charge in [-0.3, -0.25) is 4.79 Å². The van der Waals surface area contributed by atoms with Gasteiger partial charge in [-0.05, 0) is 35.2 Å². The van der Waals surface area contributed by atoms with Crippen molar-refractivity contribution >= 4 is 11.6 Å². The lowest BCUT2D eigenvalue weighted by Crippen LogP contribution is -2.27. The second kappa shape index (κ2) is 8.74. The molecule has 0 N–H and O–H groups in total. The van der Waals surface area contributed by atoms with Crippen LogP contribution in [-0.2, 0) is 11.2 Å². The van der Waals surface area contributed by atoms with Crippen molar-refractivity contribution in [2.24, 2.45) is 5.10 Å². The Hall–Kier alpha value is -3.40. The lowest BCUT2D eigenvalue weighted by atomic mass is 9.98. The van der Waals surface area contributed by atoms with Crippen LogP contribution in [0.3, 0.4) is 0 Å². The van der Waals surface area contributed by atoms with Crippen LogP contribution >= 0.6 is 0 Å². The minimum absolute atomic E-state index is 0.0422. The lowest BCUT2D eigenvalue weighted by molar-refractivity contribution is -0.133. The normalized spacial score (nSPS) is 15.8. The second-order valence-corrected chi connectivity index (χ2v) is 7.13. The molecule has 0 unspecified atom stereocenters. The fraction of sp³-hybridized carbons (Fsp3) is 0.200. The molecule has 1 amide bonds. The van der Waals surface area contributed by atoms with E-state index in [1.165, 1.54) is 0 Å². The molecule has 1 aliphatic rings. The van der Waals surface area contributed by atoms with Gasteiger partial charge in [0, 0.05) is 12.8 Å². The smallest absolute Gasteiger partial charge is 0.243 e. The molecule has 1 atom stereocenters. The number of hydrogen-bond acceptors (Lipinski definition) is 3. The van der Waals surface area contributed by atoms with Gasteiger partial charge in [-0.2, -0.15) is 5.10 Å². The first-order chi connectivity index (χ1) is 14.2. The van der Waals surface area contributed by atoms with Crippen LogP contribution in [0, 0.1) is 0 Å². The van der Waals surface area contributed by atoms with E-state index in [0.29, 0.717) is 19.3 Å². The number of nitrogens with zero attached hydrogens (tertiary/aromatic N) is 2. The van der Waals surface area contributed by atoms with Crippen molar-refractivity contribution < 1.29 is 9.53 Å². The molecule has 0 radical (unpaired) electrons. The van der Waals surface area contributed by atoms with Crippen LogP contribution in [0.4, 0.5) is 0 Å². The van der Waals surface area contributed by atoms with Gasteiger partial charge in [-0.25, -0.2) is 5.01 Å². The summed E-state index contributed by atoms with van der Waals surface area (Å²) in [6.07, 6.45) is 1.84. The van der Waals surface area contributed by atoms with Gasteiger partial charge in [0.1, 0.15) is 5.75 Å². The number of rotatable bonds is 6. The number of hydrogen-bond donors (Lipinski definition) is 0. The van der Waals surface area contributed by atoms with Crippen molar-refractivity contribution in [3.05, 3.63) is 102 Å². The molecule has 0 aliphatic carbocycles. The van der Waals surface area contributed by atoms with Crippen molar-refractivity contribution in [3.8, 4) is 5.75 Å². The third kappa shape index (κ3) is 4.37. The molecule has 29 heavy (non-hydrogen) atoms. The number of carbonyl (C=O) groups is 1. The maximum absolute atomic E-state index is 13.1. The maximum Gasteiger partial charge on any atom is 0.243 e. The van der Waals surface area contributed by atoms with Gasteiger partial charge in [-0.15, -0.1) is 0 Å². The summed E-state index contributed by atoms with van der Waals surface area (Å²) in [6, 6.07) is 28.0. The number of aryl methyl sites for hydroxylation is 1. The highest BCUT2D eigenvalue weighted by atomic mass is 16.5. The molecule has 4 nitrogen and oxygen atoms in total. The van der Waals surface area contributed by atoms with E-state index in [9.17, 15) is 4.79 Å². The Balaban J connectivity index is 1.57. The Bertz CT molecular complexity index is 982. The molecular weight excluding hydrogens is 360 g/mol. The average Bonchev–Trinajstić information content (AvgIpc) is 3.24.